The molecule has 11 nitrogen and oxygen atoms in total. The number of rotatable bonds is 12. The van der Waals surface area contributed by atoms with Crippen molar-refractivity contribution in [3.8, 4) is 0 Å². The van der Waals surface area contributed by atoms with Crippen LogP contribution in [0.4, 0.5) is 24.8 Å². The molecule has 1 aromatic heterocycles. The van der Waals surface area contributed by atoms with Gasteiger partial charge in [0.1, 0.15) is 18.6 Å². The molecule has 4 unspecified atom stereocenters. The third-order valence-electron chi connectivity index (χ3n) is 9.02. The van der Waals surface area contributed by atoms with Gasteiger partial charge in [-0.15, -0.1) is 0 Å². The highest BCUT2D eigenvalue weighted by atomic mass is 32.1. The summed E-state index contributed by atoms with van der Waals surface area (Å²) in [6.07, 6.45) is 10.1. The first kappa shape index (κ1) is 39.1. The van der Waals surface area contributed by atoms with Crippen molar-refractivity contribution in [3.63, 3.8) is 0 Å². The number of likely N-dealkylation sites (N-methyl/N-ethyl adjacent to an activating group) is 1. The second kappa shape index (κ2) is 19.0. The van der Waals surface area contributed by atoms with Gasteiger partial charge in [-0.3, -0.25) is 15.0 Å². The molecule has 13 heteroatoms. The Morgan fingerprint density at radius 3 is 2.46 bits per heavy atom. The van der Waals surface area contributed by atoms with Crippen LogP contribution in [-0.2, 0) is 19.1 Å². The summed E-state index contributed by atoms with van der Waals surface area (Å²) < 4.78 is 23.4. The fraction of sp³-hybridized carbons (Fsp3) is 0.686. The maximum atomic E-state index is 13.2. The Morgan fingerprint density at radius 1 is 1.10 bits per heavy atom. The normalized spacial score (nSPS) is 19.8. The van der Waals surface area contributed by atoms with Gasteiger partial charge >= 0.3 is 12.2 Å². The Morgan fingerprint density at radius 2 is 1.83 bits per heavy atom. The number of hydrogen-bond acceptors (Lipinski definition) is 9. The third-order valence-corrected chi connectivity index (χ3v) is 9.95. The van der Waals surface area contributed by atoms with E-state index >= 15 is 0 Å². The molecule has 48 heavy (non-hydrogen) atoms. The number of aromatic nitrogens is 1. The fourth-order valence-corrected chi connectivity index (χ4v) is 7.39. The van der Waals surface area contributed by atoms with E-state index in [1.807, 2.05) is 25.1 Å². The number of alkyl halides is 1. The predicted octanol–water partition coefficient (Wildman–Crippen LogP) is 7.56. The molecule has 2 aliphatic rings. The molecule has 0 bridgehead atoms. The number of alkyl carbamates (subject to hydrolysis) is 1. The Hall–Kier alpha value is -3.32. The number of hydrogen-bond donors (Lipinski definition) is 3. The van der Waals surface area contributed by atoms with E-state index in [2.05, 4.69) is 37.6 Å². The summed E-state index contributed by atoms with van der Waals surface area (Å²) in [5, 5.41) is 8.69. The Kier molecular flexibility index (Phi) is 15.5. The molecule has 268 valence electrons. The molecule has 1 saturated carbocycles. The summed E-state index contributed by atoms with van der Waals surface area (Å²) in [4.78, 5) is 53.3. The minimum Gasteiger partial charge on any atom is -0.453 e. The molecule has 3 N–H and O–H groups in total. The van der Waals surface area contributed by atoms with Gasteiger partial charge in [0.15, 0.2) is 5.13 Å². The number of halogens is 1. The maximum absolute atomic E-state index is 13.2. The molecule has 3 amide bonds. The summed E-state index contributed by atoms with van der Waals surface area (Å²) in [6.45, 7) is 7.57. The van der Waals surface area contributed by atoms with Gasteiger partial charge < -0.3 is 24.9 Å². The van der Waals surface area contributed by atoms with E-state index in [0.29, 0.717) is 29.8 Å². The minimum absolute atomic E-state index is 0.0294. The lowest BCUT2D eigenvalue weighted by molar-refractivity contribution is -0.121. The topological polar surface area (TPSA) is 139 Å². The van der Waals surface area contributed by atoms with Crippen LogP contribution in [0.5, 0.6) is 0 Å². The molecule has 0 spiro atoms. The number of carbonyl (C=O) groups is 4. The highest BCUT2D eigenvalue weighted by Crippen LogP contribution is 2.39. The number of carbonyl (C=O) groups excluding carboxylic acids is 4. The standard InChI is InChI=1S/C21H28N4O3S.C14H26FNO3/c1-25-11-10-15(13-6-4-3-5-7-13)18(25)19(26)22-14-8-9-16-17(12-14)29-20(23-16)24-21(27)28-2;1-5-11(10-17)7-6-8-12(9-15)16-13(18)19-14(2,3)4/h8-9,12-13,15,18H,3-7,10-11H2,1-2H3,(H,22,26)(H,23,24,27);10-12H,5-9H2,1-4H3,(H,16,18). The molecule has 1 saturated heterocycles. The average Bonchev–Trinajstić information content (AvgIpc) is 3.64. The highest BCUT2D eigenvalue weighted by Gasteiger charge is 2.41. The van der Waals surface area contributed by atoms with Gasteiger partial charge in [0, 0.05) is 11.6 Å². The molecule has 1 aromatic carbocycles. The Bertz CT molecular complexity index is 1340. The first-order chi connectivity index (χ1) is 22.9. The number of anilines is 2. The fourth-order valence-electron chi connectivity index (χ4n) is 6.49. The lowest BCUT2D eigenvalue weighted by Gasteiger charge is -2.32. The number of nitrogens with zero attached hydrogens (tertiary/aromatic N) is 2. The molecule has 4 rings (SSSR count). The Labute approximate surface area is 288 Å². The van der Waals surface area contributed by atoms with Gasteiger partial charge in [0.05, 0.1) is 29.4 Å². The summed E-state index contributed by atoms with van der Waals surface area (Å²) in [6, 6.07) is 5.04. The smallest absolute Gasteiger partial charge is 0.413 e. The SMILES string of the molecule is CCC(C=O)CCCC(CF)NC(=O)OC(C)(C)C.COC(=O)Nc1nc2ccc(NC(=O)C3C(C4CCCCC4)CCN3C)cc2s1. The van der Waals surface area contributed by atoms with Crippen molar-refractivity contribution in [3.05, 3.63) is 18.2 Å². The van der Waals surface area contributed by atoms with Crippen LogP contribution in [0.15, 0.2) is 18.2 Å². The molecule has 2 heterocycles. The van der Waals surface area contributed by atoms with E-state index in [0.717, 1.165) is 48.0 Å². The first-order valence-corrected chi connectivity index (χ1v) is 18.0. The van der Waals surface area contributed by atoms with Crippen molar-refractivity contribution in [1.29, 1.82) is 0 Å². The zero-order chi connectivity index (χ0) is 35.3. The Balaban J connectivity index is 0.000000288. The van der Waals surface area contributed by atoms with E-state index in [1.54, 1.807) is 20.8 Å². The lowest BCUT2D eigenvalue weighted by Crippen LogP contribution is -2.43. The number of thiazole rings is 1. The molecule has 2 aromatic rings. The quantitative estimate of drug-likeness (QED) is 0.194. The van der Waals surface area contributed by atoms with Crippen LogP contribution >= 0.6 is 11.3 Å². The summed E-state index contributed by atoms with van der Waals surface area (Å²) >= 11 is 1.35. The number of ether oxygens (including phenoxy) is 2. The number of methoxy groups -OCH3 is 1. The largest absolute Gasteiger partial charge is 0.453 e. The molecule has 4 atom stereocenters. The molecule has 0 radical (unpaired) electrons. The molecule has 2 fully saturated rings. The van der Waals surface area contributed by atoms with Gasteiger partial charge in [0.2, 0.25) is 5.91 Å². The summed E-state index contributed by atoms with van der Waals surface area (Å²) in [5.41, 5.74) is 0.950. The number of likely N-dealkylation sites (tertiary alicyclic amines) is 1. The molecule has 1 aliphatic carbocycles. The van der Waals surface area contributed by atoms with Crippen molar-refractivity contribution < 1.29 is 33.0 Å². The van der Waals surface area contributed by atoms with Crippen molar-refractivity contribution in [2.75, 3.05) is 38.0 Å². The van der Waals surface area contributed by atoms with Crippen molar-refractivity contribution >= 4 is 56.8 Å². The number of fused-ring (bicyclic) bond motifs is 1. The third kappa shape index (κ3) is 12.3. The second-order valence-corrected chi connectivity index (χ2v) is 14.8. The molecular weight excluding hydrogens is 637 g/mol. The second-order valence-electron chi connectivity index (χ2n) is 13.8. The van der Waals surface area contributed by atoms with Crippen LogP contribution in [0, 0.1) is 17.8 Å². The van der Waals surface area contributed by atoms with Crippen LogP contribution in [-0.4, -0.2) is 79.3 Å². The van der Waals surface area contributed by atoms with E-state index < -0.39 is 30.5 Å². The summed E-state index contributed by atoms with van der Waals surface area (Å²) in [7, 11) is 3.38. The highest BCUT2D eigenvalue weighted by molar-refractivity contribution is 7.22. The number of amides is 3. The molecular formula is C35H54FN5O6S. The van der Waals surface area contributed by atoms with Crippen LogP contribution in [0.2, 0.25) is 0 Å². The van der Waals surface area contributed by atoms with Crippen LogP contribution in [0.3, 0.4) is 0 Å². The monoisotopic (exact) mass is 691 g/mol. The van der Waals surface area contributed by atoms with Gasteiger partial charge in [0.25, 0.3) is 0 Å². The van der Waals surface area contributed by atoms with E-state index in [9.17, 15) is 23.6 Å². The zero-order valence-corrected chi connectivity index (χ0v) is 30.1. The van der Waals surface area contributed by atoms with Crippen LogP contribution < -0.4 is 16.0 Å². The number of benzene rings is 1. The van der Waals surface area contributed by atoms with E-state index in [4.69, 9.17) is 4.74 Å². The van der Waals surface area contributed by atoms with Crippen molar-refractivity contribution in [1.82, 2.24) is 15.2 Å². The zero-order valence-electron chi connectivity index (χ0n) is 29.3. The van der Waals surface area contributed by atoms with Crippen LogP contribution in [0.25, 0.3) is 10.2 Å². The van der Waals surface area contributed by atoms with Gasteiger partial charge in [-0.25, -0.2) is 19.0 Å². The van der Waals surface area contributed by atoms with Crippen molar-refractivity contribution in [2.24, 2.45) is 17.8 Å². The first-order valence-electron chi connectivity index (χ1n) is 17.1. The average molecular weight is 692 g/mol. The summed E-state index contributed by atoms with van der Waals surface area (Å²) in [5.74, 6) is 1.22. The van der Waals surface area contributed by atoms with Gasteiger partial charge in [-0.2, -0.15) is 0 Å². The molecule has 1 aliphatic heterocycles. The number of aldehydes is 1. The minimum atomic E-state index is -0.628. The predicted molar refractivity (Wildman–Crippen MR) is 188 cm³/mol. The van der Waals surface area contributed by atoms with Gasteiger partial charge in [-0.05, 0) is 90.1 Å². The van der Waals surface area contributed by atoms with E-state index in [1.165, 1.54) is 50.6 Å². The maximum Gasteiger partial charge on any atom is 0.413 e. The van der Waals surface area contributed by atoms with Crippen molar-refractivity contribution in [2.45, 2.75) is 110 Å². The van der Waals surface area contributed by atoms with Gasteiger partial charge in [-0.1, -0.05) is 56.8 Å². The van der Waals surface area contributed by atoms with Crippen LogP contribution in [0.1, 0.15) is 91.9 Å². The number of nitrogens with one attached hydrogen (secondary N) is 3. The lowest BCUT2D eigenvalue weighted by atomic mass is 9.76. The van der Waals surface area contributed by atoms with E-state index in [-0.39, 0.29) is 17.9 Å².